The molecule has 4 rings (SSSR count). The second-order valence-corrected chi connectivity index (χ2v) is 8.90. The molecule has 0 aliphatic carbocycles. The highest BCUT2D eigenvalue weighted by atomic mass is 32.2. The van der Waals surface area contributed by atoms with E-state index in [2.05, 4.69) is 20.9 Å². The van der Waals surface area contributed by atoms with E-state index in [4.69, 9.17) is 9.72 Å². The van der Waals surface area contributed by atoms with Crippen LogP contribution in [0, 0.1) is 0 Å². The van der Waals surface area contributed by atoms with Crippen LogP contribution in [0.1, 0.15) is 50.1 Å². The van der Waals surface area contributed by atoms with Gasteiger partial charge in [-0.1, -0.05) is 11.8 Å². The van der Waals surface area contributed by atoms with E-state index in [9.17, 15) is 0 Å². The molecule has 0 spiro atoms. The van der Waals surface area contributed by atoms with Crippen molar-refractivity contribution in [1.29, 1.82) is 0 Å². The Labute approximate surface area is 161 Å². The number of hydrogen-bond donors (Lipinski definition) is 0. The summed E-state index contributed by atoms with van der Waals surface area (Å²) < 4.78 is 5.54. The van der Waals surface area contributed by atoms with E-state index in [-0.39, 0.29) is 0 Å². The molecule has 0 N–H and O–H groups in total. The molecule has 0 radical (unpaired) electrons. The van der Waals surface area contributed by atoms with Gasteiger partial charge in [-0.15, -0.1) is 0 Å². The zero-order valence-corrected chi connectivity index (χ0v) is 16.6. The number of rotatable bonds is 6. The molecule has 4 heterocycles. The number of hydrogen-bond acceptors (Lipinski definition) is 6. The molecular formula is C20H32N4OS. The van der Waals surface area contributed by atoms with Crippen molar-refractivity contribution in [3.8, 4) is 0 Å². The van der Waals surface area contributed by atoms with E-state index in [1.54, 1.807) is 0 Å². The van der Waals surface area contributed by atoms with E-state index >= 15 is 0 Å². The lowest BCUT2D eigenvalue weighted by atomic mass is 9.92. The molecule has 1 atom stereocenters. The third-order valence-corrected chi connectivity index (χ3v) is 6.91. The highest BCUT2D eigenvalue weighted by Crippen LogP contribution is 2.29. The van der Waals surface area contributed by atoms with Gasteiger partial charge in [-0.05, 0) is 64.2 Å². The molecule has 0 bridgehead atoms. The number of nitrogens with zero attached hydrogens (tertiary/aromatic N) is 4. The molecule has 144 valence electrons. The Kier molecular flexibility index (Phi) is 6.81. The molecule has 0 saturated carbocycles. The molecule has 1 aromatic rings. The first kappa shape index (κ1) is 18.7. The Bertz CT molecular complexity index is 560. The Morgan fingerprint density at radius 2 is 1.92 bits per heavy atom. The molecule has 6 heteroatoms. The molecule has 1 unspecified atom stereocenters. The van der Waals surface area contributed by atoms with Crippen LogP contribution >= 0.6 is 11.8 Å². The summed E-state index contributed by atoms with van der Waals surface area (Å²) in [5.41, 5.74) is 1.25. The first-order chi connectivity index (χ1) is 12.9. The second kappa shape index (κ2) is 9.49. The number of ether oxygens (including phenoxy) is 1. The molecule has 0 amide bonds. The number of aromatic nitrogens is 2. The minimum absolute atomic E-state index is 0.563. The van der Waals surface area contributed by atoms with Crippen molar-refractivity contribution in [2.24, 2.45) is 0 Å². The fraction of sp³-hybridized carbons (Fsp3) is 0.800. The monoisotopic (exact) mass is 376 g/mol. The van der Waals surface area contributed by atoms with E-state index in [1.165, 1.54) is 70.4 Å². The zero-order chi connectivity index (χ0) is 17.6. The first-order valence-electron chi connectivity index (χ1n) is 10.4. The van der Waals surface area contributed by atoms with Crippen LogP contribution in [0.4, 0.5) is 0 Å². The van der Waals surface area contributed by atoms with E-state index in [0.29, 0.717) is 12.0 Å². The van der Waals surface area contributed by atoms with Crippen molar-refractivity contribution >= 4 is 11.8 Å². The minimum atomic E-state index is 0.563. The molecule has 3 aliphatic rings. The second-order valence-electron chi connectivity index (χ2n) is 7.84. The quantitative estimate of drug-likeness (QED) is 0.562. The van der Waals surface area contributed by atoms with Crippen LogP contribution in [0.25, 0.3) is 0 Å². The first-order valence-corrected chi connectivity index (χ1v) is 11.4. The Balaban J connectivity index is 1.31. The van der Waals surface area contributed by atoms with Gasteiger partial charge in [0.25, 0.3) is 0 Å². The lowest BCUT2D eigenvalue weighted by molar-refractivity contribution is 0.0237. The maximum atomic E-state index is 5.54. The van der Waals surface area contributed by atoms with Gasteiger partial charge in [0.05, 0.1) is 0 Å². The number of thioether (sulfide) groups is 1. The molecule has 3 saturated heterocycles. The van der Waals surface area contributed by atoms with Crippen molar-refractivity contribution in [3.63, 3.8) is 0 Å². The standard InChI is InChI=1S/C20H32N4OS/c1-2-10-23(9-1)12-15-26-20-21-8-5-19(22-20)17-4-3-11-24(16-17)18-6-13-25-14-7-18/h5,8,17-18H,1-4,6-7,9-16H2. The molecular weight excluding hydrogens is 344 g/mol. The lowest BCUT2D eigenvalue weighted by Crippen LogP contribution is -2.44. The molecule has 0 aromatic carbocycles. The summed E-state index contributed by atoms with van der Waals surface area (Å²) in [5, 5.41) is 0.963. The van der Waals surface area contributed by atoms with Crippen molar-refractivity contribution in [2.45, 2.75) is 55.6 Å². The predicted octanol–water partition coefficient (Wildman–Crippen LogP) is 3.02. The highest BCUT2D eigenvalue weighted by Gasteiger charge is 2.28. The van der Waals surface area contributed by atoms with Crippen LogP contribution < -0.4 is 0 Å². The Hall–Kier alpha value is -0.690. The highest BCUT2D eigenvalue weighted by molar-refractivity contribution is 7.99. The van der Waals surface area contributed by atoms with Gasteiger partial charge in [-0.2, -0.15) is 0 Å². The number of likely N-dealkylation sites (tertiary alicyclic amines) is 2. The van der Waals surface area contributed by atoms with Crippen molar-refractivity contribution < 1.29 is 4.74 Å². The van der Waals surface area contributed by atoms with Gasteiger partial charge in [0, 0.05) is 55.9 Å². The zero-order valence-electron chi connectivity index (χ0n) is 15.8. The van der Waals surface area contributed by atoms with Gasteiger partial charge in [0.2, 0.25) is 0 Å². The topological polar surface area (TPSA) is 41.5 Å². The largest absolute Gasteiger partial charge is 0.381 e. The van der Waals surface area contributed by atoms with Gasteiger partial charge < -0.3 is 9.64 Å². The molecule has 5 nitrogen and oxygen atoms in total. The van der Waals surface area contributed by atoms with Crippen LogP contribution in [-0.4, -0.2) is 77.5 Å². The van der Waals surface area contributed by atoms with Crippen LogP contribution in [0.3, 0.4) is 0 Å². The average molecular weight is 377 g/mol. The van der Waals surface area contributed by atoms with Crippen molar-refractivity contribution in [2.75, 3.05) is 51.7 Å². The van der Waals surface area contributed by atoms with Crippen LogP contribution in [0.5, 0.6) is 0 Å². The smallest absolute Gasteiger partial charge is 0.187 e. The van der Waals surface area contributed by atoms with Gasteiger partial charge in [0.1, 0.15) is 0 Å². The summed E-state index contributed by atoms with van der Waals surface area (Å²) in [6, 6.07) is 2.85. The van der Waals surface area contributed by atoms with Gasteiger partial charge in [0.15, 0.2) is 5.16 Å². The SMILES string of the molecule is c1cc(C2CCCN(C3CCOCC3)C2)nc(SCCN2CCCC2)n1. The summed E-state index contributed by atoms with van der Waals surface area (Å²) in [5.74, 6) is 1.66. The maximum absolute atomic E-state index is 5.54. The fourth-order valence-electron chi connectivity index (χ4n) is 4.55. The van der Waals surface area contributed by atoms with Crippen LogP contribution in [-0.2, 0) is 4.74 Å². The third-order valence-electron chi connectivity index (χ3n) is 6.07. The molecule has 3 aliphatic heterocycles. The van der Waals surface area contributed by atoms with Crippen molar-refractivity contribution in [3.05, 3.63) is 18.0 Å². The lowest BCUT2D eigenvalue weighted by Gasteiger charge is -2.39. The van der Waals surface area contributed by atoms with Crippen LogP contribution in [0.15, 0.2) is 17.4 Å². The summed E-state index contributed by atoms with van der Waals surface area (Å²) in [7, 11) is 0. The molecule has 1 aromatic heterocycles. The fourth-order valence-corrected chi connectivity index (χ4v) is 5.39. The summed E-state index contributed by atoms with van der Waals surface area (Å²) in [6.07, 6.45) is 9.61. The Morgan fingerprint density at radius 1 is 1.08 bits per heavy atom. The van der Waals surface area contributed by atoms with E-state index in [0.717, 1.165) is 30.7 Å². The minimum Gasteiger partial charge on any atom is -0.381 e. The van der Waals surface area contributed by atoms with E-state index < -0.39 is 0 Å². The predicted molar refractivity (Wildman–Crippen MR) is 106 cm³/mol. The van der Waals surface area contributed by atoms with E-state index in [1.807, 2.05) is 18.0 Å². The Morgan fingerprint density at radius 3 is 2.77 bits per heavy atom. The van der Waals surface area contributed by atoms with Gasteiger partial charge in [-0.25, -0.2) is 9.97 Å². The van der Waals surface area contributed by atoms with Gasteiger partial charge in [-0.3, -0.25) is 4.90 Å². The maximum Gasteiger partial charge on any atom is 0.187 e. The summed E-state index contributed by atoms with van der Waals surface area (Å²) in [4.78, 5) is 14.7. The molecule has 3 fully saturated rings. The van der Waals surface area contributed by atoms with Crippen LogP contribution in [0.2, 0.25) is 0 Å². The average Bonchev–Trinajstić information content (AvgIpc) is 3.23. The number of piperidine rings is 1. The summed E-state index contributed by atoms with van der Waals surface area (Å²) >= 11 is 1.82. The van der Waals surface area contributed by atoms with Gasteiger partial charge >= 0.3 is 0 Å². The van der Waals surface area contributed by atoms with Crippen molar-refractivity contribution in [1.82, 2.24) is 19.8 Å². The third kappa shape index (κ3) is 4.97. The summed E-state index contributed by atoms with van der Waals surface area (Å²) in [6.45, 7) is 7.95. The normalized spacial score (nSPS) is 26.4. The molecule has 26 heavy (non-hydrogen) atoms.